The lowest BCUT2D eigenvalue weighted by Gasteiger charge is -2.05. The maximum absolute atomic E-state index is 11.4. The van der Waals surface area contributed by atoms with Gasteiger partial charge in [0.25, 0.3) is 9.05 Å². The summed E-state index contributed by atoms with van der Waals surface area (Å²) >= 11 is 0. The molecule has 7 heteroatoms. The van der Waals surface area contributed by atoms with Crippen LogP contribution in [-0.4, -0.2) is 34.2 Å². The molecule has 0 aliphatic rings. The van der Waals surface area contributed by atoms with Crippen molar-refractivity contribution in [2.45, 2.75) is 24.7 Å². The van der Waals surface area contributed by atoms with Gasteiger partial charge in [-0.1, -0.05) is 12.1 Å². The number of rotatable bonds is 8. The highest BCUT2D eigenvalue weighted by atomic mass is 35.7. The van der Waals surface area contributed by atoms with E-state index >= 15 is 0 Å². The van der Waals surface area contributed by atoms with Crippen molar-refractivity contribution in [1.82, 2.24) is 0 Å². The third kappa shape index (κ3) is 6.36. The Bertz CT molecular complexity index is 524. The van der Waals surface area contributed by atoms with E-state index in [0.717, 1.165) is 5.56 Å². The minimum absolute atomic E-state index is 0.0437. The average molecular weight is 321 g/mol. The maximum atomic E-state index is 11.4. The minimum atomic E-state index is -3.70. The molecule has 0 saturated heterocycles. The Kier molecular flexibility index (Phi) is 6.98. The van der Waals surface area contributed by atoms with Crippen molar-refractivity contribution in [3.8, 4) is 0 Å². The van der Waals surface area contributed by atoms with Crippen LogP contribution in [0.5, 0.6) is 0 Å². The summed E-state index contributed by atoms with van der Waals surface area (Å²) in [6.45, 7) is 3.10. The molecule has 0 heterocycles. The topological polar surface area (TPSA) is 69.7 Å². The number of halogens is 1. The van der Waals surface area contributed by atoms with E-state index in [1.807, 2.05) is 6.92 Å². The molecule has 0 fully saturated rings. The molecule has 0 unspecified atom stereocenters. The second-order valence-electron chi connectivity index (χ2n) is 4.00. The molecule has 0 amide bonds. The summed E-state index contributed by atoms with van der Waals surface area (Å²) in [5, 5.41) is 0. The fourth-order valence-corrected chi connectivity index (χ4v) is 2.27. The summed E-state index contributed by atoms with van der Waals surface area (Å²) in [5.41, 5.74) is 0.843. The Morgan fingerprint density at radius 3 is 2.40 bits per heavy atom. The first-order chi connectivity index (χ1) is 9.43. The molecule has 5 nitrogen and oxygen atoms in total. The molecule has 0 aromatic heterocycles. The van der Waals surface area contributed by atoms with Crippen molar-refractivity contribution in [1.29, 1.82) is 0 Å². The molecule has 1 rings (SSSR count). The summed E-state index contributed by atoms with van der Waals surface area (Å²) in [6.07, 6.45) is 0.717. The average Bonchev–Trinajstić information content (AvgIpc) is 2.41. The van der Waals surface area contributed by atoms with E-state index in [1.54, 1.807) is 12.1 Å². The number of benzene rings is 1. The van der Waals surface area contributed by atoms with Crippen molar-refractivity contribution in [3.63, 3.8) is 0 Å². The molecule has 20 heavy (non-hydrogen) atoms. The highest BCUT2D eigenvalue weighted by Crippen LogP contribution is 2.16. The quantitative estimate of drug-likeness (QED) is 0.417. The van der Waals surface area contributed by atoms with Gasteiger partial charge in [0.05, 0.1) is 11.5 Å². The van der Waals surface area contributed by atoms with Crippen LogP contribution in [0.15, 0.2) is 29.2 Å². The van der Waals surface area contributed by atoms with Gasteiger partial charge in [-0.25, -0.2) is 8.42 Å². The Morgan fingerprint density at radius 1 is 1.20 bits per heavy atom. The van der Waals surface area contributed by atoms with Gasteiger partial charge in [0.1, 0.15) is 6.61 Å². The smallest absolute Gasteiger partial charge is 0.306 e. The summed E-state index contributed by atoms with van der Waals surface area (Å²) < 4.78 is 32.1. The predicted molar refractivity (Wildman–Crippen MR) is 75.3 cm³/mol. The van der Waals surface area contributed by atoms with Gasteiger partial charge >= 0.3 is 5.97 Å². The molecule has 0 aliphatic heterocycles. The fraction of sp³-hybridized carbons (Fsp3) is 0.462. The molecule has 0 saturated carbocycles. The van der Waals surface area contributed by atoms with Gasteiger partial charge in [0, 0.05) is 23.7 Å². The lowest BCUT2D eigenvalue weighted by atomic mass is 10.1. The molecule has 1 aromatic rings. The zero-order chi connectivity index (χ0) is 15.0. The molecule has 0 atom stereocenters. The van der Waals surface area contributed by atoms with E-state index < -0.39 is 9.05 Å². The van der Waals surface area contributed by atoms with Gasteiger partial charge in [-0.15, -0.1) is 0 Å². The first kappa shape index (κ1) is 16.9. The van der Waals surface area contributed by atoms with Gasteiger partial charge < -0.3 is 9.47 Å². The van der Waals surface area contributed by atoms with Gasteiger partial charge in [0.15, 0.2) is 0 Å². The van der Waals surface area contributed by atoms with E-state index in [-0.39, 0.29) is 23.9 Å². The monoisotopic (exact) mass is 320 g/mol. The van der Waals surface area contributed by atoms with Crippen LogP contribution < -0.4 is 0 Å². The molecule has 0 radical (unpaired) electrons. The summed E-state index contributed by atoms with van der Waals surface area (Å²) in [6, 6.07) is 6.08. The number of hydrogen-bond donors (Lipinski definition) is 0. The second-order valence-corrected chi connectivity index (χ2v) is 6.57. The lowest BCUT2D eigenvalue weighted by molar-refractivity contribution is -0.145. The van der Waals surface area contributed by atoms with Crippen LogP contribution in [0.1, 0.15) is 18.9 Å². The highest BCUT2D eigenvalue weighted by molar-refractivity contribution is 8.13. The number of carbonyl (C=O) groups is 1. The normalized spacial score (nSPS) is 11.3. The first-order valence-electron chi connectivity index (χ1n) is 6.20. The summed E-state index contributed by atoms with van der Waals surface area (Å²) in [7, 11) is 1.51. The zero-order valence-electron chi connectivity index (χ0n) is 11.2. The molecule has 1 aromatic carbocycles. The van der Waals surface area contributed by atoms with Crippen LogP contribution in [0.2, 0.25) is 0 Å². The van der Waals surface area contributed by atoms with Gasteiger partial charge in [0.2, 0.25) is 0 Å². The Balaban J connectivity index is 2.37. The van der Waals surface area contributed by atoms with E-state index in [4.69, 9.17) is 20.2 Å². The van der Waals surface area contributed by atoms with E-state index in [1.165, 1.54) is 12.1 Å². The highest BCUT2D eigenvalue weighted by Gasteiger charge is 2.09. The lowest BCUT2D eigenvalue weighted by Crippen LogP contribution is -2.11. The van der Waals surface area contributed by atoms with Crippen molar-refractivity contribution < 1.29 is 22.7 Å². The van der Waals surface area contributed by atoms with Crippen LogP contribution in [0.4, 0.5) is 0 Å². The van der Waals surface area contributed by atoms with E-state index in [2.05, 4.69) is 0 Å². The molecule has 0 aliphatic carbocycles. The van der Waals surface area contributed by atoms with Crippen LogP contribution in [0.25, 0.3) is 0 Å². The summed E-state index contributed by atoms with van der Waals surface area (Å²) in [4.78, 5) is 11.5. The SMILES string of the molecule is CCOCCOC(=O)CCc1ccc(S(=O)(=O)Cl)cc1. The minimum Gasteiger partial charge on any atom is -0.463 e. The van der Waals surface area contributed by atoms with Crippen molar-refractivity contribution in [2.24, 2.45) is 0 Å². The number of ether oxygens (including phenoxy) is 2. The van der Waals surface area contributed by atoms with Crippen molar-refractivity contribution in [2.75, 3.05) is 19.8 Å². The van der Waals surface area contributed by atoms with E-state index in [9.17, 15) is 13.2 Å². The zero-order valence-corrected chi connectivity index (χ0v) is 12.7. The first-order valence-corrected chi connectivity index (χ1v) is 8.51. The molecule has 0 N–H and O–H groups in total. The van der Waals surface area contributed by atoms with Crippen LogP contribution in [0.3, 0.4) is 0 Å². The Hall–Kier alpha value is -1.11. The molecule has 112 valence electrons. The number of aryl methyl sites for hydroxylation is 1. The van der Waals surface area contributed by atoms with Gasteiger partial charge in [-0.2, -0.15) is 0 Å². The van der Waals surface area contributed by atoms with Gasteiger partial charge in [-0.3, -0.25) is 4.79 Å². The standard InChI is InChI=1S/C13H17ClO5S/c1-2-18-9-10-19-13(15)8-5-11-3-6-12(7-4-11)20(14,16)17/h3-4,6-7H,2,5,8-10H2,1H3. The third-order valence-electron chi connectivity index (χ3n) is 2.52. The van der Waals surface area contributed by atoms with Crippen LogP contribution in [0, 0.1) is 0 Å². The van der Waals surface area contributed by atoms with Gasteiger partial charge in [-0.05, 0) is 31.0 Å². The largest absolute Gasteiger partial charge is 0.463 e. The number of carbonyl (C=O) groups excluding carboxylic acids is 1. The van der Waals surface area contributed by atoms with E-state index in [0.29, 0.717) is 19.6 Å². The van der Waals surface area contributed by atoms with Crippen molar-refractivity contribution >= 4 is 25.7 Å². The van der Waals surface area contributed by atoms with Crippen LogP contribution in [-0.2, 0) is 29.7 Å². The molecule has 0 bridgehead atoms. The second kappa shape index (κ2) is 8.24. The maximum Gasteiger partial charge on any atom is 0.306 e. The van der Waals surface area contributed by atoms with Crippen LogP contribution >= 0.6 is 10.7 Å². The summed E-state index contributed by atoms with van der Waals surface area (Å²) in [5.74, 6) is -0.307. The Labute approximate surface area is 123 Å². The molecular formula is C13H17ClO5S. The number of esters is 1. The Morgan fingerprint density at radius 2 is 1.85 bits per heavy atom. The molecule has 0 spiro atoms. The third-order valence-corrected chi connectivity index (χ3v) is 3.89. The predicted octanol–water partition coefficient (Wildman–Crippen LogP) is 2.13. The van der Waals surface area contributed by atoms with Crippen molar-refractivity contribution in [3.05, 3.63) is 29.8 Å². The molecular weight excluding hydrogens is 304 g/mol. The number of hydrogen-bond acceptors (Lipinski definition) is 5. The fourth-order valence-electron chi connectivity index (χ4n) is 1.50.